The van der Waals surface area contributed by atoms with Gasteiger partial charge in [-0.15, -0.1) is 0 Å². The molecule has 0 amide bonds. The van der Waals surface area contributed by atoms with E-state index in [0.717, 1.165) is 35.7 Å². The molecule has 0 saturated carbocycles. The molecule has 0 spiro atoms. The molecule has 1 aromatic heterocycles. The van der Waals surface area contributed by atoms with Crippen LogP contribution in [0.15, 0.2) is 57.7 Å². The number of benzene rings is 1. The molecule has 8 heteroatoms. The molecule has 0 bridgehead atoms. The van der Waals surface area contributed by atoms with Gasteiger partial charge in [0.15, 0.2) is 6.17 Å². The monoisotopic (exact) mass is 389 g/mol. The van der Waals surface area contributed by atoms with Crippen LogP contribution < -0.4 is 10.6 Å². The number of nitrogens with zero attached hydrogens (tertiary/aromatic N) is 6. The fraction of sp³-hybridized carbons (Fsp3) is 0.333. The Morgan fingerprint density at radius 2 is 2.00 bits per heavy atom. The van der Waals surface area contributed by atoms with Crippen molar-refractivity contribution < 1.29 is 5.11 Å². The quantitative estimate of drug-likeness (QED) is 0.832. The van der Waals surface area contributed by atoms with Gasteiger partial charge in [-0.05, 0) is 31.0 Å². The third-order valence-electron chi connectivity index (χ3n) is 5.63. The van der Waals surface area contributed by atoms with Gasteiger partial charge in [-0.25, -0.2) is 15.0 Å². The number of phenols is 1. The molecule has 0 radical (unpaired) electrons. The molecule has 3 aliphatic heterocycles. The molecule has 0 aliphatic carbocycles. The van der Waals surface area contributed by atoms with Crippen LogP contribution in [-0.4, -0.2) is 52.2 Å². The first kappa shape index (κ1) is 17.7. The van der Waals surface area contributed by atoms with Gasteiger partial charge in [0, 0.05) is 30.4 Å². The number of hydrogen-bond acceptors (Lipinski definition) is 8. The molecule has 8 nitrogen and oxygen atoms in total. The summed E-state index contributed by atoms with van der Waals surface area (Å²) in [7, 11) is 0. The van der Waals surface area contributed by atoms with Gasteiger partial charge in [-0.3, -0.25) is 5.01 Å². The van der Waals surface area contributed by atoms with E-state index < -0.39 is 0 Å². The van der Waals surface area contributed by atoms with E-state index in [4.69, 9.17) is 10.8 Å². The number of nitrogens with two attached hydrogens (primary N) is 1. The number of aromatic hydroxyl groups is 1. The van der Waals surface area contributed by atoms with E-state index in [9.17, 15) is 5.11 Å². The van der Waals surface area contributed by atoms with Crippen LogP contribution in [0.25, 0.3) is 0 Å². The molecule has 3 aliphatic rings. The van der Waals surface area contributed by atoms with Gasteiger partial charge in [0.1, 0.15) is 29.7 Å². The van der Waals surface area contributed by atoms with Crippen molar-refractivity contribution >= 4 is 23.7 Å². The number of phenolic OH excluding ortho intramolecular Hbond substituents is 1. The Hall–Kier alpha value is -3.42. The van der Waals surface area contributed by atoms with Crippen molar-refractivity contribution in [3.05, 3.63) is 53.7 Å². The van der Waals surface area contributed by atoms with Gasteiger partial charge in [-0.2, -0.15) is 5.10 Å². The number of hydrogen-bond donors (Lipinski definition) is 2. The highest BCUT2D eigenvalue weighted by molar-refractivity contribution is 6.17. The topological polar surface area (TPSA) is 103 Å². The van der Waals surface area contributed by atoms with Crippen molar-refractivity contribution in [2.75, 3.05) is 18.0 Å². The van der Waals surface area contributed by atoms with Crippen LogP contribution in [0.4, 0.5) is 5.82 Å². The third-order valence-corrected chi connectivity index (χ3v) is 5.63. The van der Waals surface area contributed by atoms with Crippen LogP contribution >= 0.6 is 0 Å². The minimum atomic E-state index is -0.253. The molecule has 1 aromatic carbocycles. The van der Waals surface area contributed by atoms with Crippen LogP contribution in [0.1, 0.15) is 24.0 Å². The zero-order chi connectivity index (χ0) is 19.8. The highest BCUT2D eigenvalue weighted by Crippen LogP contribution is 2.32. The van der Waals surface area contributed by atoms with Crippen molar-refractivity contribution in [1.29, 1.82) is 0 Å². The largest absolute Gasteiger partial charge is 0.508 e. The Morgan fingerprint density at radius 1 is 1.14 bits per heavy atom. The first-order chi connectivity index (χ1) is 14.2. The zero-order valence-electron chi connectivity index (χ0n) is 16.0. The van der Waals surface area contributed by atoms with Gasteiger partial charge in [0.2, 0.25) is 0 Å². The summed E-state index contributed by atoms with van der Waals surface area (Å²) in [5, 5.41) is 16.8. The van der Waals surface area contributed by atoms with Gasteiger partial charge in [0.05, 0.1) is 12.3 Å². The molecule has 4 heterocycles. The summed E-state index contributed by atoms with van der Waals surface area (Å²) in [4.78, 5) is 15.7. The summed E-state index contributed by atoms with van der Waals surface area (Å²) in [6.45, 7) is 2.64. The van der Waals surface area contributed by atoms with Gasteiger partial charge in [-0.1, -0.05) is 18.2 Å². The number of aliphatic imine (C=N–C) groups is 2. The smallest absolute Gasteiger partial charge is 0.154 e. The fourth-order valence-corrected chi connectivity index (χ4v) is 4.25. The van der Waals surface area contributed by atoms with Crippen molar-refractivity contribution in [3.8, 4) is 5.75 Å². The predicted octanol–water partition coefficient (Wildman–Crippen LogP) is 1.95. The van der Waals surface area contributed by atoms with Crippen LogP contribution in [0.3, 0.4) is 0 Å². The predicted molar refractivity (Wildman–Crippen MR) is 113 cm³/mol. The highest BCUT2D eigenvalue weighted by atomic mass is 16.3. The van der Waals surface area contributed by atoms with Crippen LogP contribution in [0.5, 0.6) is 5.75 Å². The minimum Gasteiger partial charge on any atom is -0.508 e. The SMILES string of the molecule is NC1=NC=NC2C1C(c1cccc(O)c1)=NN2Cc1cccnc1N1CCCC1. The van der Waals surface area contributed by atoms with Gasteiger partial charge in [0.25, 0.3) is 0 Å². The second-order valence-corrected chi connectivity index (χ2v) is 7.52. The van der Waals surface area contributed by atoms with Crippen LogP contribution in [-0.2, 0) is 6.54 Å². The lowest BCUT2D eigenvalue weighted by atomic mass is 9.93. The molecular formula is C21H23N7O. The van der Waals surface area contributed by atoms with E-state index in [1.54, 1.807) is 18.2 Å². The number of pyridine rings is 1. The summed E-state index contributed by atoms with van der Waals surface area (Å²) in [5.74, 6) is 1.46. The summed E-state index contributed by atoms with van der Waals surface area (Å²) < 4.78 is 0. The van der Waals surface area contributed by atoms with E-state index in [1.807, 2.05) is 23.3 Å². The molecule has 29 heavy (non-hydrogen) atoms. The summed E-state index contributed by atoms with van der Waals surface area (Å²) in [5.41, 5.74) is 8.95. The first-order valence-electron chi connectivity index (χ1n) is 9.89. The zero-order valence-corrected chi connectivity index (χ0v) is 16.0. The van der Waals surface area contributed by atoms with E-state index in [2.05, 4.69) is 25.9 Å². The van der Waals surface area contributed by atoms with Gasteiger partial charge >= 0.3 is 0 Å². The fourth-order valence-electron chi connectivity index (χ4n) is 4.25. The average molecular weight is 389 g/mol. The maximum atomic E-state index is 9.92. The van der Waals surface area contributed by atoms with E-state index in [1.165, 1.54) is 19.2 Å². The van der Waals surface area contributed by atoms with Crippen molar-refractivity contribution in [2.45, 2.75) is 25.6 Å². The lowest BCUT2D eigenvalue weighted by molar-refractivity contribution is 0.214. The Morgan fingerprint density at radius 3 is 2.83 bits per heavy atom. The molecule has 3 N–H and O–H groups in total. The molecule has 1 fully saturated rings. The average Bonchev–Trinajstić information content (AvgIpc) is 3.38. The molecule has 2 atom stereocenters. The lowest BCUT2D eigenvalue weighted by Gasteiger charge is -2.27. The number of rotatable bonds is 4. The van der Waals surface area contributed by atoms with Crippen LogP contribution in [0.2, 0.25) is 0 Å². The van der Waals surface area contributed by atoms with E-state index in [-0.39, 0.29) is 17.8 Å². The van der Waals surface area contributed by atoms with Crippen molar-refractivity contribution in [1.82, 2.24) is 9.99 Å². The van der Waals surface area contributed by atoms with Crippen LogP contribution in [0, 0.1) is 5.92 Å². The maximum Gasteiger partial charge on any atom is 0.154 e. The number of anilines is 1. The molecular weight excluding hydrogens is 366 g/mol. The number of aromatic nitrogens is 1. The number of amidine groups is 1. The molecule has 2 aromatic rings. The van der Waals surface area contributed by atoms with Crippen molar-refractivity contribution in [3.63, 3.8) is 0 Å². The summed E-state index contributed by atoms with van der Waals surface area (Å²) in [6.07, 6.45) is 5.49. The summed E-state index contributed by atoms with van der Waals surface area (Å²) >= 11 is 0. The second-order valence-electron chi connectivity index (χ2n) is 7.52. The standard InChI is InChI=1S/C21H23N7O/c22-19-17-18(14-5-3-7-16(29)11-14)26-28(21(17)25-13-24-19)12-15-6-4-8-23-20(15)27-9-1-2-10-27/h3-8,11,13,17,21,29H,1-2,9-10,12H2,(H2,22,24,25). The van der Waals surface area contributed by atoms with Crippen molar-refractivity contribution in [2.24, 2.45) is 26.7 Å². The number of fused-ring (bicyclic) bond motifs is 1. The minimum absolute atomic E-state index is 0.193. The third kappa shape index (κ3) is 3.20. The molecule has 2 unspecified atom stereocenters. The summed E-state index contributed by atoms with van der Waals surface area (Å²) in [6, 6.07) is 11.1. The Balaban J connectivity index is 1.50. The lowest BCUT2D eigenvalue weighted by Crippen LogP contribution is -2.42. The molecule has 148 valence electrons. The second kappa shape index (κ2) is 7.20. The molecule has 1 saturated heterocycles. The molecule has 5 rings (SSSR count). The normalized spacial score (nSPS) is 23.2. The van der Waals surface area contributed by atoms with Gasteiger partial charge < -0.3 is 15.7 Å². The number of hydrazone groups is 1. The Bertz CT molecular complexity index is 1010. The Kier molecular flexibility index (Phi) is 4.38. The van der Waals surface area contributed by atoms with E-state index in [0.29, 0.717) is 12.4 Å². The first-order valence-corrected chi connectivity index (χ1v) is 9.89. The Labute approximate surface area is 169 Å². The van der Waals surface area contributed by atoms with E-state index >= 15 is 0 Å². The highest BCUT2D eigenvalue weighted by Gasteiger charge is 2.41. The maximum absolute atomic E-state index is 9.92.